The molecule has 22 heavy (non-hydrogen) atoms. The van der Waals surface area contributed by atoms with Crippen molar-refractivity contribution in [2.45, 2.75) is 56.8 Å². The van der Waals surface area contributed by atoms with Crippen molar-refractivity contribution in [1.82, 2.24) is 0 Å². The molecule has 2 saturated carbocycles. The predicted octanol–water partition coefficient (Wildman–Crippen LogP) is 1.55. The quantitative estimate of drug-likeness (QED) is 0.586. The summed E-state index contributed by atoms with van der Waals surface area (Å²) in [6.07, 6.45) is 0.894. The zero-order valence-corrected chi connectivity index (χ0v) is 12.8. The van der Waals surface area contributed by atoms with Crippen molar-refractivity contribution >= 4 is 0 Å². The van der Waals surface area contributed by atoms with E-state index in [4.69, 9.17) is 0 Å². The van der Waals surface area contributed by atoms with Gasteiger partial charge in [-0.05, 0) is 66.7 Å². The van der Waals surface area contributed by atoms with E-state index in [1.165, 1.54) is 11.1 Å². The molecule has 1 aromatic carbocycles. The maximum atomic E-state index is 10.5. The third kappa shape index (κ3) is 1.75. The van der Waals surface area contributed by atoms with E-state index in [1.54, 1.807) is 6.07 Å². The molecular weight excluding hydrogens is 280 g/mol. The summed E-state index contributed by atoms with van der Waals surface area (Å²) in [5, 5.41) is 40.7. The lowest BCUT2D eigenvalue weighted by Crippen LogP contribution is -2.46. The fourth-order valence-corrected chi connectivity index (χ4v) is 5.62. The van der Waals surface area contributed by atoms with Crippen molar-refractivity contribution in [2.75, 3.05) is 0 Å². The molecule has 4 rings (SSSR count). The van der Waals surface area contributed by atoms with Crippen molar-refractivity contribution in [1.29, 1.82) is 0 Å². The van der Waals surface area contributed by atoms with Crippen LogP contribution in [0.1, 0.15) is 43.2 Å². The van der Waals surface area contributed by atoms with Gasteiger partial charge in [-0.25, -0.2) is 0 Å². The average molecular weight is 304 g/mol. The van der Waals surface area contributed by atoms with Crippen molar-refractivity contribution in [3.63, 3.8) is 0 Å². The predicted molar refractivity (Wildman–Crippen MR) is 81.5 cm³/mol. The van der Waals surface area contributed by atoms with E-state index in [0.29, 0.717) is 11.7 Å². The SMILES string of the molecule is C[C@]12CCC3c4ccc(O)cc4CCC3C1C(O)[C@@H](O)[C@@H]2O. The average Bonchev–Trinajstić information content (AvgIpc) is 2.68. The summed E-state index contributed by atoms with van der Waals surface area (Å²) in [5.41, 5.74) is 2.09. The molecule has 0 bridgehead atoms. The number of aliphatic hydroxyl groups is 3. The third-order valence-electron chi connectivity index (χ3n) is 6.72. The van der Waals surface area contributed by atoms with Crippen molar-refractivity contribution < 1.29 is 20.4 Å². The third-order valence-corrected chi connectivity index (χ3v) is 6.72. The number of aromatic hydroxyl groups is 1. The molecule has 120 valence electrons. The van der Waals surface area contributed by atoms with Crippen LogP contribution in [-0.2, 0) is 6.42 Å². The van der Waals surface area contributed by atoms with Crippen LogP contribution in [0.4, 0.5) is 0 Å². The number of aryl methyl sites for hydroxylation is 1. The van der Waals surface area contributed by atoms with Crippen molar-refractivity contribution in [3.8, 4) is 5.75 Å². The Morgan fingerprint density at radius 3 is 2.64 bits per heavy atom. The number of phenols is 1. The molecule has 4 N–H and O–H groups in total. The molecule has 4 unspecified atom stereocenters. The van der Waals surface area contributed by atoms with E-state index in [2.05, 4.69) is 0 Å². The second kappa shape index (κ2) is 4.70. The molecule has 0 radical (unpaired) electrons. The first-order chi connectivity index (χ1) is 10.4. The van der Waals surface area contributed by atoms with Crippen LogP contribution >= 0.6 is 0 Å². The van der Waals surface area contributed by atoms with Gasteiger partial charge < -0.3 is 20.4 Å². The van der Waals surface area contributed by atoms with E-state index in [0.717, 1.165) is 25.7 Å². The first kappa shape index (κ1) is 14.5. The van der Waals surface area contributed by atoms with E-state index < -0.39 is 23.7 Å². The van der Waals surface area contributed by atoms with Gasteiger partial charge in [0, 0.05) is 5.41 Å². The maximum absolute atomic E-state index is 10.5. The Morgan fingerprint density at radius 2 is 1.86 bits per heavy atom. The standard InChI is InChI=1S/C18H24O4/c1-18-7-6-12-11-5-3-10(19)8-9(11)2-4-13(12)14(18)15(20)16(21)17(18)22/h3,5,8,12-17,19-22H,2,4,6-7H2,1H3/t12?,13?,14?,15?,16-,17+,18+/m1/s1. The fourth-order valence-electron chi connectivity index (χ4n) is 5.62. The Labute approximate surface area is 130 Å². The van der Waals surface area contributed by atoms with Crippen molar-refractivity contribution in [2.24, 2.45) is 17.3 Å². The highest BCUT2D eigenvalue weighted by molar-refractivity contribution is 5.40. The Kier molecular flexibility index (Phi) is 3.09. The van der Waals surface area contributed by atoms with Crippen LogP contribution in [-0.4, -0.2) is 38.7 Å². The molecule has 0 aliphatic heterocycles. The summed E-state index contributed by atoms with van der Waals surface area (Å²) in [6, 6.07) is 5.61. The van der Waals surface area contributed by atoms with Gasteiger partial charge >= 0.3 is 0 Å². The molecule has 0 amide bonds. The van der Waals surface area contributed by atoms with Gasteiger partial charge in [-0.1, -0.05) is 13.0 Å². The van der Waals surface area contributed by atoms with Gasteiger partial charge in [0.15, 0.2) is 0 Å². The Balaban J connectivity index is 1.74. The summed E-state index contributed by atoms with van der Waals surface area (Å²) >= 11 is 0. The number of fused-ring (bicyclic) bond motifs is 5. The lowest BCUT2D eigenvalue weighted by atomic mass is 9.55. The molecule has 3 aliphatic carbocycles. The van der Waals surface area contributed by atoms with Crippen LogP contribution in [0.3, 0.4) is 0 Å². The summed E-state index contributed by atoms with van der Waals surface area (Å²) in [5.74, 6) is 0.898. The van der Waals surface area contributed by atoms with Gasteiger partial charge in [-0.15, -0.1) is 0 Å². The Bertz CT molecular complexity index is 601. The van der Waals surface area contributed by atoms with E-state index in [9.17, 15) is 20.4 Å². The van der Waals surface area contributed by atoms with Gasteiger partial charge in [0.1, 0.15) is 11.9 Å². The normalized spacial score (nSPS) is 46.7. The van der Waals surface area contributed by atoms with E-state index in [-0.39, 0.29) is 11.8 Å². The topological polar surface area (TPSA) is 80.9 Å². The van der Waals surface area contributed by atoms with Crippen LogP contribution in [0.5, 0.6) is 5.75 Å². The largest absolute Gasteiger partial charge is 0.508 e. The summed E-state index contributed by atoms with van der Waals surface area (Å²) in [6.45, 7) is 2.02. The molecule has 4 heteroatoms. The highest BCUT2D eigenvalue weighted by Gasteiger charge is 2.62. The zero-order chi connectivity index (χ0) is 15.6. The van der Waals surface area contributed by atoms with Gasteiger partial charge in [0.2, 0.25) is 0 Å². The van der Waals surface area contributed by atoms with Crippen LogP contribution in [0.15, 0.2) is 18.2 Å². The monoisotopic (exact) mass is 304 g/mol. The Morgan fingerprint density at radius 1 is 1.09 bits per heavy atom. The van der Waals surface area contributed by atoms with Gasteiger partial charge in [-0.2, -0.15) is 0 Å². The number of hydrogen-bond acceptors (Lipinski definition) is 4. The van der Waals surface area contributed by atoms with Crippen LogP contribution < -0.4 is 0 Å². The molecular formula is C18H24O4. The fraction of sp³-hybridized carbons (Fsp3) is 0.667. The lowest BCUT2D eigenvalue weighted by molar-refractivity contribution is -0.0505. The smallest absolute Gasteiger partial charge is 0.115 e. The molecule has 0 heterocycles. The lowest BCUT2D eigenvalue weighted by Gasteiger charge is -2.50. The van der Waals surface area contributed by atoms with Crippen LogP contribution in [0.25, 0.3) is 0 Å². The van der Waals surface area contributed by atoms with E-state index >= 15 is 0 Å². The van der Waals surface area contributed by atoms with Gasteiger partial charge in [0.25, 0.3) is 0 Å². The van der Waals surface area contributed by atoms with Crippen LogP contribution in [0, 0.1) is 17.3 Å². The first-order valence-corrected chi connectivity index (χ1v) is 8.29. The number of benzene rings is 1. The summed E-state index contributed by atoms with van der Waals surface area (Å²) in [7, 11) is 0. The summed E-state index contributed by atoms with van der Waals surface area (Å²) in [4.78, 5) is 0. The summed E-state index contributed by atoms with van der Waals surface area (Å²) < 4.78 is 0. The van der Waals surface area contributed by atoms with Crippen LogP contribution in [0.2, 0.25) is 0 Å². The minimum atomic E-state index is -1.03. The number of rotatable bonds is 0. The molecule has 3 aliphatic rings. The maximum Gasteiger partial charge on any atom is 0.115 e. The zero-order valence-electron chi connectivity index (χ0n) is 12.8. The highest BCUT2D eigenvalue weighted by atomic mass is 16.4. The number of phenolic OH excluding ortho intramolecular Hbond substituents is 1. The first-order valence-electron chi connectivity index (χ1n) is 8.29. The minimum Gasteiger partial charge on any atom is -0.508 e. The number of aliphatic hydroxyl groups excluding tert-OH is 3. The van der Waals surface area contributed by atoms with Gasteiger partial charge in [0.05, 0.1) is 12.2 Å². The molecule has 0 aromatic heterocycles. The second-order valence-corrected chi connectivity index (χ2v) is 7.69. The molecule has 2 fully saturated rings. The van der Waals surface area contributed by atoms with E-state index in [1.807, 2.05) is 19.1 Å². The molecule has 1 aromatic rings. The molecule has 0 spiro atoms. The minimum absolute atomic E-state index is 0.0572. The molecule has 0 saturated heterocycles. The van der Waals surface area contributed by atoms with Crippen molar-refractivity contribution in [3.05, 3.63) is 29.3 Å². The molecule has 4 nitrogen and oxygen atoms in total. The second-order valence-electron chi connectivity index (χ2n) is 7.69. The highest BCUT2D eigenvalue weighted by Crippen LogP contribution is 2.60. The van der Waals surface area contributed by atoms with Gasteiger partial charge in [-0.3, -0.25) is 0 Å². The Hall–Kier alpha value is -1.10. The molecule has 7 atom stereocenters. The number of hydrogen-bond donors (Lipinski definition) is 4.